The Morgan fingerprint density at radius 1 is 1.63 bits per heavy atom. The molecule has 1 aliphatic heterocycles. The van der Waals surface area contributed by atoms with Crippen LogP contribution < -0.4 is 5.32 Å². The third kappa shape index (κ3) is 3.73. The van der Waals surface area contributed by atoms with E-state index >= 15 is 0 Å². The van der Waals surface area contributed by atoms with Crippen molar-refractivity contribution in [3.05, 3.63) is 24.0 Å². The lowest BCUT2D eigenvalue weighted by Gasteiger charge is -2.23. The number of aliphatic imine (C=N–C) groups is 1. The SMILES string of the molecule is CN=C(NCC1CCCO1)N(C)Cc1cccn1C. The standard InChI is InChI=1S/C14H24N4O/c1-15-14(16-10-13-7-5-9-19-13)18(3)11-12-6-4-8-17(12)2/h4,6,8,13H,5,7,9-11H2,1-3H3,(H,15,16). The number of aryl methyl sites for hydroxylation is 1. The molecule has 0 aliphatic carbocycles. The van der Waals surface area contributed by atoms with Crippen molar-refractivity contribution in [1.29, 1.82) is 0 Å². The van der Waals surface area contributed by atoms with Gasteiger partial charge in [0.25, 0.3) is 0 Å². The molecule has 0 spiro atoms. The lowest BCUT2D eigenvalue weighted by atomic mass is 10.2. The second-order valence-corrected chi connectivity index (χ2v) is 5.03. The van der Waals surface area contributed by atoms with Crippen molar-refractivity contribution < 1.29 is 4.74 Å². The Morgan fingerprint density at radius 3 is 3.05 bits per heavy atom. The Balaban J connectivity index is 1.84. The molecule has 2 heterocycles. The number of aromatic nitrogens is 1. The van der Waals surface area contributed by atoms with E-state index in [0.717, 1.165) is 32.1 Å². The minimum Gasteiger partial charge on any atom is -0.376 e. The Kier molecular flexibility index (Phi) is 4.85. The molecule has 1 atom stereocenters. The maximum absolute atomic E-state index is 5.61. The van der Waals surface area contributed by atoms with Gasteiger partial charge in [-0.1, -0.05) is 0 Å². The first-order valence-electron chi connectivity index (χ1n) is 6.84. The predicted octanol–water partition coefficient (Wildman–Crippen LogP) is 1.21. The molecular weight excluding hydrogens is 240 g/mol. The molecule has 0 amide bonds. The molecule has 0 saturated carbocycles. The molecule has 5 heteroatoms. The van der Waals surface area contributed by atoms with Gasteiger partial charge in [-0.3, -0.25) is 4.99 Å². The molecule has 1 aromatic heterocycles. The molecule has 1 unspecified atom stereocenters. The van der Waals surface area contributed by atoms with E-state index in [-0.39, 0.29) is 0 Å². The normalized spacial score (nSPS) is 19.7. The summed E-state index contributed by atoms with van der Waals surface area (Å²) in [7, 11) is 5.93. The molecule has 1 fully saturated rings. The van der Waals surface area contributed by atoms with Crippen molar-refractivity contribution in [2.45, 2.75) is 25.5 Å². The highest BCUT2D eigenvalue weighted by atomic mass is 16.5. The highest BCUT2D eigenvalue weighted by molar-refractivity contribution is 5.79. The summed E-state index contributed by atoms with van der Waals surface area (Å²) in [4.78, 5) is 6.46. The fourth-order valence-corrected chi connectivity index (χ4v) is 2.37. The second kappa shape index (κ2) is 6.61. The number of hydrogen-bond acceptors (Lipinski definition) is 2. The summed E-state index contributed by atoms with van der Waals surface area (Å²) in [6, 6.07) is 4.19. The van der Waals surface area contributed by atoms with Gasteiger partial charge in [0, 0.05) is 46.2 Å². The van der Waals surface area contributed by atoms with Crippen molar-refractivity contribution in [1.82, 2.24) is 14.8 Å². The maximum atomic E-state index is 5.61. The van der Waals surface area contributed by atoms with E-state index in [1.54, 1.807) is 0 Å². The van der Waals surface area contributed by atoms with Gasteiger partial charge in [0.2, 0.25) is 0 Å². The molecule has 0 aromatic carbocycles. The third-order valence-electron chi connectivity index (χ3n) is 3.54. The van der Waals surface area contributed by atoms with Crippen molar-refractivity contribution >= 4 is 5.96 Å². The first-order chi connectivity index (χ1) is 9.20. The van der Waals surface area contributed by atoms with Crippen molar-refractivity contribution in [3.63, 3.8) is 0 Å². The van der Waals surface area contributed by atoms with Crippen LogP contribution in [0.25, 0.3) is 0 Å². The summed E-state index contributed by atoms with van der Waals surface area (Å²) in [6.07, 6.45) is 4.71. The molecular formula is C14H24N4O. The van der Waals surface area contributed by atoms with Gasteiger partial charge in [0.1, 0.15) is 0 Å². The topological polar surface area (TPSA) is 41.8 Å². The minimum absolute atomic E-state index is 0.334. The molecule has 1 aliphatic rings. The Morgan fingerprint density at radius 2 is 2.47 bits per heavy atom. The second-order valence-electron chi connectivity index (χ2n) is 5.03. The van der Waals surface area contributed by atoms with E-state index in [1.807, 2.05) is 7.05 Å². The Labute approximate surface area is 115 Å². The lowest BCUT2D eigenvalue weighted by molar-refractivity contribution is 0.113. The van der Waals surface area contributed by atoms with E-state index in [9.17, 15) is 0 Å². The van der Waals surface area contributed by atoms with Crippen LogP contribution in [0.5, 0.6) is 0 Å². The molecule has 0 radical (unpaired) electrons. The lowest BCUT2D eigenvalue weighted by Crippen LogP contribution is -2.42. The van der Waals surface area contributed by atoms with Gasteiger partial charge in [-0.2, -0.15) is 0 Å². The van der Waals surface area contributed by atoms with Crippen molar-refractivity contribution in [2.24, 2.45) is 12.0 Å². The number of nitrogens with zero attached hydrogens (tertiary/aromatic N) is 3. The molecule has 1 aromatic rings. The summed E-state index contributed by atoms with van der Waals surface area (Å²) in [6.45, 7) is 2.57. The first-order valence-corrected chi connectivity index (χ1v) is 6.84. The highest BCUT2D eigenvalue weighted by Crippen LogP contribution is 2.10. The maximum Gasteiger partial charge on any atom is 0.193 e. The number of ether oxygens (including phenoxy) is 1. The molecule has 2 rings (SSSR count). The molecule has 106 valence electrons. The fourth-order valence-electron chi connectivity index (χ4n) is 2.37. The van der Waals surface area contributed by atoms with Crippen molar-refractivity contribution in [3.8, 4) is 0 Å². The van der Waals surface area contributed by atoms with Gasteiger partial charge in [0.05, 0.1) is 12.6 Å². The van der Waals surface area contributed by atoms with Crippen LogP contribution in [0.15, 0.2) is 23.3 Å². The van der Waals surface area contributed by atoms with Crippen LogP contribution in [0.1, 0.15) is 18.5 Å². The van der Waals surface area contributed by atoms with Crippen LogP contribution in [-0.4, -0.2) is 48.8 Å². The average molecular weight is 264 g/mol. The largest absolute Gasteiger partial charge is 0.376 e. The minimum atomic E-state index is 0.334. The van der Waals surface area contributed by atoms with Crippen LogP contribution >= 0.6 is 0 Å². The summed E-state index contributed by atoms with van der Waals surface area (Å²) in [5.41, 5.74) is 1.27. The number of guanidine groups is 1. The van der Waals surface area contributed by atoms with Gasteiger partial charge in [-0.15, -0.1) is 0 Å². The van der Waals surface area contributed by atoms with Gasteiger partial charge in [-0.05, 0) is 25.0 Å². The van der Waals surface area contributed by atoms with Gasteiger partial charge >= 0.3 is 0 Å². The monoisotopic (exact) mass is 264 g/mol. The van der Waals surface area contributed by atoms with E-state index in [4.69, 9.17) is 4.74 Å². The van der Waals surface area contributed by atoms with Crippen LogP contribution in [0.3, 0.4) is 0 Å². The fraction of sp³-hybridized carbons (Fsp3) is 0.643. The van der Waals surface area contributed by atoms with Crippen molar-refractivity contribution in [2.75, 3.05) is 27.2 Å². The quantitative estimate of drug-likeness (QED) is 0.656. The molecule has 1 saturated heterocycles. The average Bonchev–Trinajstić information content (AvgIpc) is 3.03. The Bertz CT molecular complexity index is 421. The smallest absolute Gasteiger partial charge is 0.193 e. The molecule has 1 N–H and O–H groups in total. The van der Waals surface area contributed by atoms with E-state index in [0.29, 0.717) is 6.10 Å². The number of nitrogens with one attached hydrogen (secondary N) is 1. The van der Waals surface area contributed by atoms with E-state index < -0.39 is 0 Å². The first kappa shape index (κ1) is 13.9. The summed E-state index contributed by atoms with van der Waals surface area (Å²) in [5, 5.41) is 3.38. The summed E-state index contributed by atoms with van der Waals surface area (Å²) in [5.74, 6) is 0.914. The zero-order chi connectivity index (χ0) is 13.7. The molecule has 0 bridgehead atoms. The van der Waals surface area contributed by atoms with E-state index in [1.165, 1.54) is 12.1 Å². The Hall–Kier alpha value is -1.49. The predicted molar refractivity (Wildman–Crippen MR) is 77.2 cm³/mol. The van der Waals surface area contributed by atoms with Gasteiger partial charge < -0.3 is 19.5 Å². The third-order valence-corrected chi connectivity index (χ3v) is 3.54. The number of rotatable bonds is 4. The molecule has 5 nitrogen and oxygen atoms in total. The number of hydrogen-bond donors (Lipinski definition) is 1. The highest BCUT2D eigenvalue weighted by Gasteiger charge is 2.16. The zero-order valence-electron chi connectivity index (χ0n) is 12.1. The van der Waals surface area contributed by atoms with Crippen LogP contribution in [0.2, 0.25) is 0 Å². The zero-order valence-corrected chi connectivity index (χ0v) is 12.1. The van der Waals surface area contributed by atoms with E-state index in [2.05, 4.69) is 52.2 Å². The van der Waals surface area contributed by atoms with Crippen LogP contribution in [-0.2, 0) is 18.3 Å². The van der Waals surface area contributed by atoms with Crippen LogP contribution in [0.4, 0.5) is 0 Å². The summed E-state index contributed by atoms with van der Waals surface area (Å²) >= 11 is 0. The summed E-state index contributed by atoms with van der Waals surface area (Å²) < 4.78 is 7.74. The van der Waals surface area contributed by atoms with Gasteiger partial charge in [-0.25, -0.2) is 0 Å². The van der Waals surface area contributed by atoms with Gasteiger partial charge in [0.15, 0.2) is 5.96 Å². The van der Waals surface area contributed by atoms with Crippen LogP contribution in [0, 0.1) is 0 Å². The molecule has 19 heavy (non-hydrogen) atoms.